The molecule has 4 nitrogen and oxygen atoms in total. The molecule has 1 rings (SSSR count). The smallest absolute Gasteiger partial charge is 0.253 e. The van der Waals surface area contributed by atoms with E-state index in [1.54, 1.807) is 0 Å². The number of rotatable bonds is 3. The van der Waals surface area contributed by atoms with Gasteiger partial charge in [-0.25, -0.2) is 0 Å². The molecule has 1 aliphatic rings. The first-order valence-electron chi connectivity index (χ1n) is 5.26. The Morgan fingerprint density at radius 3 is 2.75 bits per heavy atom. The van der Waals surface area contributed by atoms with Crippen LogP contribution in [0, 0.1) is 0 Å². The van der Waals surface area contributed by atoms with E-state index in [1.165, 1.54) is 7.11 Å². The number of ether oxygens (including phenoxy) is 1. The molecule has 96 valence electrons. The van der Waals surface area contributed by atoms with Crippen molar-refractivity contribution >= 4 is 30.1 Å². The van der Waals surface area contributed by atoms with Crippen LogP contribution in [-0.4, -0.2) is 54.2 Å². The molecule has 0 bridgehead atoms. The van der Waals surface area contributed by atoms with Crippen molar-refractivity contribution in [3.8, 4) is 0 Å². The third kappa shape index (κ3) is 3.52. The Bertz CT molecular complexity index is 227. The zero-order valence-corrected chi connectivity index (χ0v) is 11.6. The van der Waals surface area contributed by atoms with Crippen molar-refractivity contribution in [1.29, 1.82) is 0 Å². The summed E-state index contributed by atoms with van der Waals surface area (Å²) in [6.45, 7) is 5.28. The summed E-state index contributed by atoms with van der Waals surface area (Å²) in [6, 6.07) is 0.264. The monoisotopic (exact) mass is 268 g/mol. The van der Waals surface area contributed by atoms with Crippen molar-refractivity contribution in [2.75, 3.05) is 26.0 Å². The molecular formula is C10H21ClN2O2S. The number of nitrogens with two attached hydrogens (primary N) is 1. The van der Waals surface area contributed by atoms with Gasteiger partial charge in [0.1, 0.15) is 6.10 Å². The normalized spacial score (nSPS) is 27.1. The van der Waals surface area contributed by atoms with Gasteiger partial charge in [-0.1, -0.05) is 6.92 Å². The Morgan fingerprint density at radius 1 is 1.62 bits per heavy atom. The van der Waals surface area contributed by atoms with Crippen LogP contribution in [0.4, 0.5) is 0 Å². The largest absolute Gasteiger partial charge is 0.370 e. The SMILES string of the molecule is COC(CN)C(=O)N1CCSC(C)C1C.Cl. The Kier molecular flexibility index (Phi) is 7.39. The first kappa shape index (κ1) is 16.0. The lowest BCUT2D eigenvalue weighted by atomic mass is 10.1. The second-order valence-corrected chi connectivity index (χ2v) is 5.29. The van der Waals surface area contributed by atoms with Crippen LogP contribution in [-0.2, 0) is 9.53 Å². The highest BCUT2D eigenvalue weighted by Gasteiger charge is 2.32. The highest BCUT2D eigenvalue weighted by atomic mass is 35.5. The van der Waals surface area contributed by atoms with Gasteiger partial charge in [0.25, 0.3) is 5.91 Å². The lowest BCUT2D eigenvalue weighted by molar-refractivity contribution is -0.143. The van der Waals surface area contributed by atoms with Gasteiger partial charge in [-0.2, -0.15) is 11.8 Å². The lowest BCUT2D eigenvalue weighted by Crippen LogP contribution is -2.53. The summed E-state index contributed by atoms with van der Waals surface area (Å²) >= 11 is 1.91. The van der Waals surface area contributed by atoms with Crippen molar-refractivity contribution in [2.45, 2.75) is 31.2 Å². The van der Waals surface area contributed by atoms with Crippen LogP contribution in [0.25, 0.3) is 0 Å². The van der Waals surface area contributed by atoms with Gasteiger partial charge in [0.05, 0.1) is 0 Å². The van der Waals surface area contributed by atoms with Gasteiger partial charge in [-0.3, -0.25) is 4.79 Å². The summed E-state index contributed by atoms with van der Waals surface area (Å²) in [7, 11) is 1.53. The number of thioether (sulfide) groups is 1. The van der Waals surface area contributed by atoms with E-state index in [9.17, 15) is 4.79 Å². The third-order valence-corrected chi connectivity index (χ3v) is 4.28. The maximum atomic E-state index is 12.0. The second-order valence-electron chi connectivity index (χ2n) is 3.81. The number of hydrogen-bond acceptors (Lipinski definition) is 4. The lowest BCUT2D eigenvalue weighted by Gasteiger charge is -2.38. The number of halogens is 1. The Hall–Kier alpha value is 0.0300. The third-order valence-electron chi connectivity index (χ3n) is 2.94. The van der Waals surface area contributed by atoms with Gasteiger partial charge < -0.3 is 15.4 Å². The predicted molar refractivity (Wildman–Crippen MR) is 70.2 cm³/mol. The second kappa shape index (κ2) is 7.37. The molecule has 1 saturated heterocycles. The van der Waals surface area contributed by atoms with Crippen LogP contribution >= 0.6 is 24.2 Å². The van der Waals surface area contributed by atoms with E-state index in [4.69, 9.17) is 10.5 Å². The fourth-order valence-electron chi connectivity index (χ4n) is 1.73. The summed E-state index contributed by atoms with van der Waals surface area (Å²) in [5, 5.41) is 0.484. The number of amides is 1. The van der Waals surface area contributed by atoms with Gasteiger partial charge in [-0.15, -0.1) is 12.4 Å². The van der Waals surface area contributed by atoms with Gasteiger partial charge in [-0.05, 0) is 6.92 Å². The number of carbonyl (C=O) groups excluding carboxylic acids is 1. The van der Waals surface area contributed by atoms with Crippen LogP contribution < -0.4 is 5.73 Å². The maximum absolute atomic E-state index is 12.0. The molecule has 0 aromatic carbocycles. The molecule has 6 heteroatoms. The topological polar surface area (TPSA) is 55.6 Å². The van der Waals surface area contributed by atoms with Crippen molar-refractivity contribution in [2.24, 2.45) is 5.73 Å². The fourth-order valence-corrected chi connectivity index (χ4v) is 2.83. The molecule has 1 fully saturated rings. The average Bonchev–Trinajstić information content (AvgIpc) is 2.23. The van der Waals surface area contributed by atoms with Crippen molar-refractivity contribution in [3.63, 3.8) is 0 Å². The molecule has 16 heavy (non-hydrogen) atoms. The minimum absolute atomic E-state index is 0. The molecule has 0 radical (unpaired) electrons. The van der Waals surface area contributed by atoms with Crippen molar-refractivity contribution < 1.29 is 9.53 Å². The Balaban J connectivity index is 0.00000225. The zero-order chi connectivity index (χ0) is 11.4. The zero-order valence-electron chi connectivity index (χ0n) is 10.0. The quantitative estimate of drug-likeness (QED) is 0.820. The molecule has 2 N–H and O–H groups in total. The molecular weight excluding hydrogens is 248 g/mol. The molecule has 1 heterocycles. The van der Waals surface area contributed by atoms with E-state index in [1.807, 2.05) is 16.7 Å². The molecule has 0 saturated carbocycles. The van der Waals surface area contributed by atoms with Crippen LogP contribution in [0.2, 0.25) is 0 Å². The number of hydrogen-bond donors (Lipinski definition) is 1. The van der Waals surface area contributed by atoms with Gasteiger partial charge >= 0.3 is 0 Å². The molecule has 3 atom stereocenters. The van der Waals surface area contributed by atoms with Crippen LogP contribution in [0.1, 0.15) is 13.8 Å². The van der Waals surface area contributed by atoms with Crippen LogP contribution in [0.5, 0.6) is 0 Å². The summed E-state index contributed by atoms with van der Waals surface area (Å²) in [5.74, 6) is 1.03. The molecule has 0 aromatic heterocycles. The Morgan fingerprint density at radius 2 is 2.25 bits per heavy atom. The molecule has 0 aromatic rings. The predicted octanol–water partition coefficient (Wildman–Crippen LogP) is 0.734. The van der Waals surface area contributed by atoms with E-state index in [2.05, 4.69) is 13.8 Å². The first-order valence-corrected chi connectivity index (χ1v) is 6.31. The Labute approximate surface area is 108 Å². The van der Waals surface area contributed by atoms with Crippen LogP contribution in [0.3, 0.4) is 0 Å². The van der Waals surface area contributed by atoms with Gasteiger partial charge in [0.15, 0.2) is 0 Å². The highest BCUT2D eigenvalue weighted by Crippen LogP contribution is 2.24. The maximum Gasteiger partial charge on any atom is 0.253 e. The standard InChI is InChI=1S/C10H20N2O2S.ClH/c1-7-8(2)15-5-4-12(7)10(13)9(6-11)14-3;/h7-9H,4-6,11H2,1-3H3;1H. The van der Waals surface area contributed by atoms with Gasteiger partial charge in [0, 0.05) is 37.2 Å². The van der Waals surface area contributed by atoms with E-state index in [-0.39, 0.29) is 30.9 Å². The average molecular weight is 269 g/mol. The highest BCUT2D eigenvalue weighted by molar-refractivity contribution is 8.00. The van der Waals surface area contributed by atoms with E-state index in [0.717, 1.165) is 12.3 Å². The molecule has 0 aliphatic carbocycles. The van der Waals surface area contributed by atoms with Crippen molar-refractivity contribution in [1.82, 2.24) is 4.90 Å². The van der Waals surface area contributed by atoms with Crippen molar-refractivity contribution in [3.05, 3.63) is 0 Å². The summed E-state index contributed by atoms with van der Waals surface area (Å²) in [6.07, 6.45) is -0.484. The molecule has 1 aliphatic heterocycles. The van der Waals surface area contributed by atoms with E-state index < -0.39 is 6.10 Å². The minimum atomic E-state index is -0.484. The van der Waals surface area contributed by atoms with E-state index >= 15 is 0 Å². The number of nitrogens with zero attached hydrogens (tertiary/aromatic N) is 1. The number of carbonyl (C=O) groups is 1. The summed E-state index contributed by atoms with van der Waals surface area (Å²) in [5.41, 5.74) is 5.49. The molecule has 1 amide bonds. The minimum Gasteiger partial charge on any atom is -0.370 e. The van der Waals surface area contributed by atoms with Crippen LogP contribution in [0.15, 0.2) is 0 Å². The molecule has 0 spiro atoms. The number of methoxy groups -OCH3 is 1. The molecule has 3 unspecified atom stereocenters. The summed E-state index contributed by atoms with van der Waals surface area (Å²) in [4.78, 5) is 13.9. The first-order chi connectivity index (χ1) is 7.11. The fraction of sp³-hybridized carbons (Fsp3) is 0.900. The van der Waals surface area contributed by atoms with E-state index in [0.29, 0.717) is 5.25 Å². The van der Waals surface area contributed by atoms with Gasteiger partial charge in [0.2, 0.25) is 0 Å². The summed E-state index contributed by atoms with van der Waals surface area (Å²) < 4.78 is 5.08.